The number of aryl methyl sites for hydroxylation is 2. The van der Waals surface area contributed by atoms with Crippen molar-refractivity contribution in [3.05, 3.63) is 130 Å². The molecule has 5 nitrogen and oxygen atoms in total. The lowest BCUT2D eigenvalue weighted by Gasteiger charge is -2.29. The van der Waals surface area contributed by atoms with Crippen LogP contribution in [-0.4, -0.2) is 28.5 Å². The summed E-state index contributed by atoms with van der Waals surface area (Å²) in [5.41, 5.74) is 5.46. The summed E-state index contributed by atoms with van der Waals surface area (Å²) in [5, 5.41) is 3.25. The third-order valence-corrected chi connectivity index (χ3v) is 8.39. The molecule has 1 aliphatic rings. The fourth-order valence-electron chi connectivity index (χ4n) is 4.47. The van der Waals surface area contributed by atoms with Gasteiger partial charge in [-0.05, 0) is 84.6 Å². The Morgan fingerprint density at radius 1 is 0.923 bits per heavy atom. The predicted molar refractivity (Wildman–Crippen MR) is 158 cm³/mol. The van der Waals surface area contributed by atoms with E-state index in [0.717, 1.165) is 33.7 Å². The van der Waals surface area contributed by atoms with Gasteiger partial charge in [-0.1, -0.05) is 60.1 Å². The Bertz CT molecular complexity index is 1460. The number of hydrogen-bond donors (Lipinski definition) is 1. The lowest BCUT2D eigenvalue weighted by atomic mass is 10.1. The fourth-order valence-corrected chi connectivity index (χ4v) is 6.02. The number of amides is 2. The maximum Gasteiger partial charge on any atom is 0.255 e. The summed E-state index contributed by atoms with van der Waals surface area (Å²) in [7, 11) is 0. The number of thioether (sulfide) groups is 1. The molecule has 0 aliphatic carbocycles. The minimum atomic E-state index is -0.640. The summed E-state index contributed by atoms with van der Waals surface area (Å²) in [5.74, 6) is 0.794. The molecule has 0 spiro atoms. The van der Waals surface area contributed by atoms with Crippen molar-refractivity contribution in [2.45, 2.75) is 31.9 Å². The van der Waals surface area contributed by atoms with Crippen LogP contribution in [0.15, 0.2) is 97.1 Å². The third kappa shape index (κ3) is 6.29. The quantitative estimate of drug-likeness (QED) is 0.257. The van der Waals surface area contributed by atoms with Crippen molar-refractivity contribution >= 4 is 40.9 Å². The van der Waals surface area contributed by atoms with Crippen molar-refractivity contribution in [1.82, 2.24) is 4.90 Å². The van der Waals surface area contributed by atoms with E-state index in [1.54, 1.807) is 40.9 Å². The van der Waals surface area contributed by atoms with Gasteiger partial charge >= 0.3 is 0 Å². The van der Waals surface area contributed by atoms with Gasteiger partial charge in [-0.15, -0.1) is 11.8 Å². The lowest BCUT2D eigenvalue weighted by molar-refractivity contribution is -0.119. The second-order valence-electron chi connectivity index (χ2n) is 9.55. The van der Waals surface area contributed by atoms with Gasteiger partial charge in [-0.3, -0.25) is 9.59 Å². The van der Waals surface area contributed by atoms with E-state index in [1.807, 2.05) is 86.6 Å². The van der Waals surface area contributed by atoms with Crippen molar-refractivity contribution in [2.24, 2.45) is 0 Å². The number of halogens is 1. The second-order valence-corrected chi connectivity index (χ2v) is 11.1. The molecule has 1 N–H and O–H groups in total. The van der Waals surface area contributed by atoms with E-state index in [4.69, 9.17) is 16.3 Å². The molecule has 1 fully saturated rings. The second kappa shape index (κ2) is 12.0. The Morgan fingerprint density at radius 2 is 1.64 bits per heavy atom. The molecule has 4 aromatic rings. The van der Waals surface area contributed by atoms with Crippen molar-refractivity contribution in [3.8, 4) is 5.75 Å². The largest absolute Gasteiger partial charge is 0.489 e. The van der Waals surface area contributed by atoms with Crippen LogP contribution in [0, 0.1) is 13.8 Å². The van der Waals surface area contributed by atoms with Crippen molar-refractivity contribution in [1.29, 1.82) is 0 Å². The highest BCUT2D eigenvalue weighted by Gasteiger charge is 2.42. The standard InChI is InChI=1S/C32H29ClN2O3S/c1-21-8-15-27(18-22(21)2)34-30(36)29-20-39-32(35(29)31(37)24-9-13-26(33)14-10-24)25-11-16-28(17-12-25)38-19-23-6-4-3-5-7-23/h3-18,29,32H,19-20H2,1-2H3,(H,34,36). The molecule has 0 aromatic heterocycles. The first-order valence-electron chi connectivity index (χ1n) is 12.7. The summed E-state index contributed by atoms with van der Waals surface area (Å²) in [6.07, 6.45) is 0. The van der Waals surface area contributed by atoms with Crippen LogP contribution >= 0.6 is 23.4 Å². The van der Waals surface area contributed by atoms with Crippen LogP contribution in [0.2, 0.25) is 5.02 Å². The SMILES string of the molecule is Cc1ccc(NC(=O)C2CSC(c3ccc(OCc4ccccc4)cc3)N2C(=O)c2ccc(Cl)cc2)cc1C. The molecule has 198 valence electrons. The van der Waals surface area contributed by atoms with Gasteiger partial charge in [0, 0.05) is 22.0 Å². The first kappa shape index (κ1) is 26.9. The van der Waals surface area contributed by atoms with E-state index in [2.05, 4.69) is 5.32 Å². The van der Waals surface area contributed by atoms with Crippen LogP contribution in [0.25, 0.3) is 0 Å². The molecule has 0 radical (unpaired) electrons. The van der Waals surface area contributed by atoms with Gasteiger partial charge in [0.15, 0.2) is 0 Å². The highest BCUT2D eigenvalue weighted by molar-refractivity contribution is 7.99. The Kier molecular flexibility index (Phi) is 8.24. The van der Waals surface area contributed by atoms with Crippen LogP contribution in [0.4, 0.5) is 5.69 Å². The van der Waals surface area contributed by atoms with Gasteiger partial charge in [0.1, 0.15) is 23.8 Å². The average Bonchev–Trinajstić information content (AvgIpc) is 3.40. The van der Waals surface area contributed by atoms with Gasteiger partial charge in [0.05, 0.1) is 0 Å². The van der Waals surface area contributed by atoms with E-state index >= 15 is 0 Å². The predicted octanol–water partition coefficient (Wildman–Crippen LogP) is 7.43. The fraction of sp³-hybridized carbons (Fsp3) is 0.188. The minimum Gasteiger partial charge on any atom is -0.489 e. The van der Waals surface area contributed by atoms with E-state index in [9.17, 15) is 9.59 Å². The lowest BCUT2D eigenvalue weighted by Crippen LogP contribution is -2.45. The zero-order valence-corrected chi connectivity index (χ0v) is 23.3. The van der Waals surface area contributed by atoms with E-state index in [-0.39, 0.29) is 17.2 Å². The van der Waals surface area contributed by atoms with Gasteiger partial charge in [0.2, 0.25) is 5.91 Å². The Labute approximate surface area is 238 Å². The number of ether oxygens (including phenoxy) is 1. The van der Waals surface area contributed by atoms with Crippen LogP contribution in [0.1, 0.15) is 38.0 Å². The zero-order chi connectivity index (χ0) is 27.4. The molecule has 0 bridgehead atoms. The molecular formula is C32H29ClN2O3S. The summed E-state index contributed by atoms with van der Waals surface area (Å²) >= 11 is 7.64. The molecule has 2 unspecified atom stereocenters. The van der Waals surface area contributed by atoms with Crippen molar-refractivity contribution in [2.75, 3.05) is 11.1 Å². The first-order chi connectivity index (χ1) is 18.9. The van der Waals surface area contributed by atoms with Gasteiger partial charge in [-0.2, -0.15) is 0 Å². The summed E-state index contributed by atoms with van der Waals surface area (Å²) in [4.78, 5) is 29.0. The average molecular weight is 557 g/mol. The maximum atomic E-state index is 13.8. The van der Waals surface area contributed by atoms with Crippen molar-refractivity contribution < 1.29 is 14.3 Å². The molecule has 2 amide bonds. The number of carbonyl (C=O) groups is 2. The smallest absolute Gasteiger partial charge is 0.255 e. The molecule has 1 aliphatic heterocycles. The third-order valence-electron chi connectivity index (χ3n) is 6.82. The van der Waals surface area contributed by atoms with Crippen LogP contribution in [0.3, 0.4) is 0 Å². The van der Waals surface area contributed by atoms with E-state index in [0.29, 0.717) is 22.9 Å². The van der Waals surface area contributed by atoms with Crippen LogP contribution in [-0.2, 0) is 11.4 Å². The summed E-state index contributed by atoms with van der Waals surface area (Å²) in [6.45, 7) is 4.51. The highest BCUT2D eigenvalue weighted by Crippen LogP contribution is 2.43. The number of benzene rings is 4. The normalized spacial score (nSPS) is 16.6. The summed E-state index contributed by atoms with van der Waals surface area (Å²) in [6, 6.07) is 29.7. The molecule has 39 heavy (non-hydrogen) atoms. The van der Waals surface area contributed by atoms with Crippen molar-refractivity contribution in [3.63, 3.8) is 0 Å². The molecule has 1 heterocycles. The molecule has 1 saturated heterocycles. The topological polar surface area (TPSA) is 58.6 Å². The molecular weight excluding hydrogens is 528 g/mol. The number of rotatable bonds is 7. The molecule has 5 rings (SSSR count). The van der Waals surface area contributed by atoms with Gasteiger partial charge in [-0.25, -0.2) is 0 Å². The highest BCUT2D eigenvalue weighted by atomic mass is 35.5. The Balaban J connectivity index is 1.38. The molecule has 2 atom stereocenters. The molecule has 0 saturated carbocycles. The molecule has 7 heteroatoms. The zero-order valence-electron chi connectivity index (χ0n) is 21.8. The Morgan fingerprint density at radius 3 is 2.33 bits per heavy atom. The van der Waals surface area contributed by atoms with Crippen LogP contribution in [0.5, 0.6) is 5.75 Å². The monoisotopic (exact) mass is 556 g/mol. The first-order valence-corrected chi connectivity index (χ1v) is 14.2. The number of hydrogen-bond acceptors (Lipinski definition) is 4. The number of anilines is 1. The van der Waals surface area contributed by atoms with Gasteiger partial charge in [0.25, 0.3) is 5.91 Å². The minimum absolute atomic E-state index is 0.210. The van der Waals surface area contributed by atoms with E-state index < -0.39 is 6.04 Å². The number of nitrogens with zero attached hydrogens (tertiary/aromatic N) is 1. The maximum absolute atomic E-state index is 13.8. The van der Waals surface area contributed by atoms with Gasteiger partial charge < -0.3 is 15.0 Å². The van der Waals surface area contributed by atoms with Crippen LogP contribution < -0.4 is 10.1 Å². The molecule has 4 aromatic carbocycles. The summed E-state index contributed by atoms with van der Waals surface area (Å²) < 4.78 is 5.94. The number of nitrogens with one attached hydrogen (secondary N) is 1. The Hall–Kier alpha value is -3.74. The van der Waals surface area contributed by atoms with E-state index in [1.165, 1.54) is 0 Å². The number of carbonyl (C=O) groups excluding carboxylic acids is 2.